The second-order valence-corrected chi connectivity index (χ2v) is 4.22. The van der Waals surface area contributed by atoms with Gasteiger partial charge in [-0.2, -0.15) is 0 Å². The van der Waals surface area contributed by atoms with Gasteiger partial charge in [0, 0.05) is 6.61 Å². The lowest BCUT2D eigenvalue weighted by atomic mass is 9.96. The molecule has 1 aromatic carbocycles. The van der Waals surface area contributed by atoms with E-state index in [9.17, 15) is 0 Å². The molecule has 0 spiro atoms. The molecule has 1 heteroatoms. The van der Waals surface area contributed by atoms with Gasteiger partial charge in [0.1, 0.15) is 0 Å². The molecule has 0 radical (unpaired) electrons. The summed E-state index contributed by atoms with van der Waals surface area (Å²) in [5, 5.41) is 8.93. The maximum atomic E-state index is 8.93. The third-order valence-electron chi connectivity index (χ3n) is 3.30. The van der Waals surface area contributed by atoms with Gasteiger partial charge in [-0.1, -0.05) is 24.3 Å². The lowest BCUT2D eigenvalue weighted by Crippen LogP contribution is -2.03. The average molecular weight is 190 g/mol. The molecule has 1 aromatic rings. The molecule has 14 heavy (non-hydrogen) atoms. The summed E-state index contributed by atoms with van der Waals surface area (Å²) >= 11 is 0. The van der Waals surface area contributed by atoms with Crippen LogP contribution >= 0.6 is 0 Å². The van der Waals surface area contributed by atoms with Crippen molar-refractivity contribution >= 4 is 0 Å². The number of benzene rings is 1. The number of rotatable bonds is 2. The Hall–Kier alpha value is -0.820. The zero-order chi connectivity index (χ0) is 9.80. The molecular weight excluding hydrogens is 172 g/mol. The van der Waals surface area contributed by atoms with Crippen LogP contribution < -0.4 is 0 Å². The van der Waals surface area contributed by atoms with Gasteiger partial charge in [0.25, 0.3) is 0 Å². The minimum Gasteiger partial charge on any atom is -0.396 e. The fourth-order valence-corrected chi connectivity index (χ4v) is 2.38. The summed E-state index contributed by atoms with van der Waals surface area (Å²) in [6.45, 7) is 0.348. The zero-order valence-corrected chi connectivity index (χ0v) is 8.58. The summed E-state index contributed by atoms with van der Waals surface area (Å²) in [5.74, 6) is 0.729. The maximum Gasteiger partial charge on any atom is 0.0433 e. The van der Waals surface area contributed by atoms with E-state index in [0.717, 1.165) is 12.3 Å². The Morgan fingerprint density at radius 3 is 2.14 bits per heavy atom. The van der Waals surface area contributed by atoms with E-state index in [1.807, 2.05) is 0 Å². The molecule has 0 bridgehead atoms. The van der Waals surface area contributed by atoms with Crippen LogP contribution in [0.25, 0.3) is 0 Å². The molecule has 76 valence electrons. The molecule has 0 heterocycles. The third kappa shape index (κ3) is 2.16. The molecule has 0 fully saturated rings. The highest BCUT2D eigenvalue weighted by Gasteiger charge is 2.14. The monoisotopic (exact) mass is 190 g/mol. The largest absolute Gasteiger partial charge is 0.396 e. The fourth-order valence-electron chi connectivity index (χ4n) is 2.38. The number of hydrogen-bond donors (Lipinski definition) is 1. The first-order valence-electron chi connectivity index (χ1n) is 5.58. The van der Waals surface area contributed by atoms with E-state index in [-0.39, 0.29) is 0 Å². The van der Waals surface area contributed by atoms with Crippen molar-refractivity contribution in [3.63, 3.8) is 0 Å². The van der Waals surface area contributed by atoms with Gasteiger partial charge in [0.2, 0.25) is 0 Å². The van der Waals surface area contributed by atoms with Crippen LogP contribution in [-0.4, -0.2) is 11.7 Å². The topological polar surface area (TPSA) is 20.2 Å². The van der Waals surface area contributed by atoms with Crippen molar-refractivity contribution in [2.75, 3.05) is 6.61 Å². The predicted octanol–water partition coefficient (Wildman–Crippen LogP) is 2.56. The van der Waals surface area contributed by atoms with Crippen molar-refractivity contribution in [3.8, 4) is 0 Å². The first-order valence-corrected chi connectivity index (χ1v) is 5.58. The van der Waals surface area contributed by atoms with E-state index in [1.165, 1.54) is 36.8 Å². The highest BCUT2D eigenvalue weighted by atomic mass is 16.3. The van der Waals surface area contributed by atoms with Crippen LogP contribution in [0, 0.1) is 5.92 Å². The van der Waals surface area contributed by atoms with Gasteiger partial charge in [0.05, 0.1) is 0 Å². The van der Waals surface area contributed by atoms with Crippen LogP contribution in [0.2, 0.25) is 0 Å². The van der Waals surface area contributed by atoms with Crippen LogP contribution in [-0.2, 0) is 12.8 Å². The molecule has 0 amide bonds. The van der Waals surface area contributed by atoms with E-state index >= 15 is 0 Å². The molecular formula is C13H18O. The van der Waals surface area contributed by atoms with Crippen molar-refractivity contribution in [1.29, 1.82) is 0 Å². The van der Waals surface area contributed by atoms with Crippen molar-refractivity contribution in [2.24, 2.45) is 5.92 Å². The van der Waals surface area contributed by atoms with Crippen molar-refractivity contribution in [1.82, 2.24) is 0 Å². The maximum absolute atomic E-state index is 8.93. The Bertz CT molecular complexity index is 266. The summed E-state index contributed by atoms with van der Waals surface area (Å²) in [6.07, 6.45) is 5.87. The van der Waals surface area contributed by atoms with Gasteiger partial charge in [-0.3, -0.25) is 0 Å². The highest BCUT2D eigenvalue weighted by Crippen LogP contribution is 2.25. The molecule has 0 unspecified atom stereocenters. The minimum absolute atomic E-state index is 0.348. The van der Waals surface area contributed by atoms with E-state index in [1.54, 1.807) is 0 Å². The standard InChI is InChI=1S/C13H18O/c14-10-9-11-5-7-12-3-1-2-4-13(12)8-6-11/h1-4,11,14H,5-10H2. The molecule has 0 atom stereocenters. The van der Waals surface area contributed by atoms with E-state index in [0.29, 0.717) is 6.61 Å². The third-order valence-corrected chi connectivity index (χ3v) is 3.30. The quantitative estimate of drug-likeness (QED) is 0.711. The molecule has 1 aliphatic carbocycles. The van der Waals surface area contributed by atoms with Crippen LogP contribution in [0.5, 0.6) is 0 Å². The van der Waals surface area contributed by atoms with Crippen LogP contribution in [0.3, 0.4) is 0 Å². The second kappa shape index (κ2) is 4.61. The summed E-state index contributed by atoms with van der Waals surface area (Å²) < 4.78 is 0. The van der Waals surface area contributed by atoms with Gasteiger partial charge in [-0.15, -0.1) is 0 Å². The summed E-state index contributed by atoms with van der Waals surface area (Å²) in [6, 6.07) is 8.75. The van der Waals surface area contributed by atoms with Gasteiger partial charge >= 0.3 is 0 Å². The fraction of sp³-hybridized carbons (Fsp3) is 0.538. The molecule has 0 aromatic heterocycles. The van der Waals surface area contributed by atoms with Crippen molar-refractivity contribution in [2.45, 2.75) is 32.1 Å². The SMILES string of the molecule is OCCC1CCc2ccccc2CC1. The molecule has 0 aliphatic heterocycles. The summed E-state index contributed by atoms with van der Waals surface area (Å²) in [7, 11) is 0. The number of aryl methyl sites for hydroxylation is 2. The van der Waals surface area contributed by atoms with Gasteiger partial charge in [0.15, 0.2) is 0 Å². The lowest BCUT2D eigenvalue weighted by molar-refractivity contribution is 0.248. The first-order chi connectivity index (χ1) is 6.90. The molecule has 2 rings (SSSR count). The summed E-state index contributed by atoms with van der Waals surface area (Å²) in [5.41, 5.74) is 3.04. The predicted molar refractivity (Wildman–Crippen MR) is 58.3 cm³/mol. The average Bonchev–Trinajstić information content (AvgIpc) is 2.42. The van der Waals surface area contributed by atoms with Crippen LogP contribution in [0.15, 0.2) is 24.3 Å². The summed E-state index contributed by atoms with van der Waals surface area (Å²) in [4.78, 5) is 0. The van der Waals surface area contributed by atoms with Gasteiger partial charge < -0.3 is 5.11 Å². The van der Waals surface area contributed by atoms with Gasteiger partial charge in [-0.05, 0) is 49.1 Å². The Morgan fingerprint density at radius 1 is 1.07 bits per heavy atom. The highest BCUT2D eigenvalue weighted by molar-refractivity contribution is 5.28. The first kappa shape index (κ1) is 9.72. The molecule has 1 nitrogen and oxygen atoms in total. The van der Waals surface area contributed by atoms with Crippen LogP contribution in [0.4, 0.5) is 0 Å². The number of hydrogen-bond acceptors (Lipinski definition) is 1. The van der Waals surface area contributed by atoms with Crippen molar-refractivity contribution in [3.05, 3.63) is 35.4 Å². The Labute approximate surface area is 85.8 Å². The zero-order valence-electron chi connectivity index (χ0n) is 8.58. The second-order valence-electron chi connectivity index (χ2n) is 4.22. The van der Waals surface area contributed by atoms with E-state index in [2.05, 4.69) is 24.3 Å². The molecule has 0 saturated heterocycles. The number of aliphatic hydroxyl groups excluding tert-OH is 1. The number of aliphatic hydroxyl groups is 1. The van der Waals surface area contributed by atoms with Crippen LogP contribution in [0.1, 0.15) is 30.4 Å². The lowest BCUT2D eigenvalue weighted by Gasteiger charge is -2.10. The number of fused-ring (bicyclic) bond motifs is 1. The van der Waals surface area contributed by atoms with Crippen molar-refractivity contribution < 1.29 is 5.11 Å². The Balaban J connectivity index is 2.06. The molecule has 1 N–H and O–H groups in total. The Kier molecular flexibility index (Phi) is 3.20. The molecule has 0 saturated carbocycles. The minimum atomic E-state index is 0.348. The van der Waals surface area contributed by atoms with E-state index in [4.69, 9.17) is 5.11 Å². The van der Waals surface area contributed by atoms with Gasteiger partial charge in [-0.25, -0.2) is 0 Å². The smallest absolute Gasteiger partial charge is 0.0433 e. The normalized spacial score (nSPS) is 17.5. The molecule has 1 aliphatic rings. The Morgan fingerprint density at radius 2 is 1.64 bits per heavy atom. The van der Waals surface area contributed by atoms with E-state index < -0.39 is 0 Å².